The number of nitrogens with zero attached hydrogens (tertiary/aromatic N) is 2. The summed E-state index contributed by atoms with van der Waals surface area (Å²) in [6.45, 7) is 0. The Labute approximate surface area is 129 Å². The molecule has 0 aliphatic carbocycles. The molecule has 106 valence electrons. The topological polar surface area (TPSA) is 62.5 Å². The molecule has 1 aliphatic rings. The van der Waals surface area contributed by atoms with Gasteiger partial charge in [0.15, 0.2) is 0 Å². The van der Waals surface area contributed by atoms with Crippen LogP contribution in [0.5, 0.6) is 5.88 Å². The molecule has 0 fully saturated rings. The van der Waals surface area contributed by atoms with E-state index in [0.29, 0.717) is 20.8 Å². The Morgan fingerprint density at radius 2 is 1.68 bits per heavy atom. The second-order valence-corrected chi connectivity index (χ2v) is 5.85. The van der Waals surface area contributed by atoms with Gasteiger partial charge in [-0.15, -0.1) is 11.3 Å². The van der Waals surface area contributed by atoms with Crippen molar-refractivity contribution in [2.75, 3.05) is 0 Å². The lowest BCUT2D eigenvalue weighted by atomic mass is 10.1. The van der Waals surface area contributed by atoms with Crippen LogP contribution in [0.15, 0.2) is 59.6 Å². The van der Waals surface area contributed by atoms with Crippen LogP contribution in [0.2, 0.25) is 0 Å². The molecular formula is C17H10N2O2S. The van der Waals surface area contributed by atoms with E-state index in [1.165, 1.54) is 11.3 Å². The Morgan fingerprint density at radius 1 is 0.955 bits per heavy atom. The molecule has 0 radical (unpaired) electrons. The molecule has 1 amide bonds. The lowest BCUT2D eigenvalue weighted by Gasteiger charge is -1.95. The van der Waals surface area contributed by atoms with Crippen LogP contribution in [-0.2, 0) is 4.79 Å². The van der Waals surface area contributed by atoms with Crippen molar-refractivity contribution in [2.45, 2.75) is 0 Å². The van der Waals surface area contributed by atoms with Crippen LogP contribution in [0.4, 0.5) is 0 Å². The van der Waals surface area contributed by atoms with Crippen molar-refractivity contribution in [1.29, 1.82) is 0 Å². The van der Waals surface area contributed by atoms with Gasteiger partial charge in [0.2, 0.25) is 5.88 Å². The smallest absolute Gasteiger partial charge is 0.279 e. The Bertz CT molecular complexity index is 1010. The SMILES string of the molecule is O=C1N=c2ccccc2=C1c1sc(-c2ccccc2)nc1O. The minimum atomic E-state index is -0.334. The molecule has 0 unspecified atom stereocenters. The predicted octanol–water partition coefficient (Wildman–Crippen LogP) is 1.87. The molecule has 0 saturated heterocycles. The Kier molecular flexibility index (Phi) is 2.87. The molecule has 0 atom stereocenters. The number of para-hydroxylation sites is 1. The molecular weight excluding hydrogens is 296 g/mol. The minimum absolute atomic E-state index is 0.126. The van der Waals surface area contributed by atoms with Crippen LogP contribution in [0.3, 0.4) is 0 Å². The highest BCUT2D eigenvalue weighted by Gasteiger charge is 2.24. The average Bonchev–Trinajstić information content (AvgIpc) is 3.07. The van der Waals surface area contributed by atoms with Gasteiger partial charge in [-0.1, -0.05) is 48.5 Å². The monoisotopic (exact) mass is 306 g/mol. The number of hydrogen-bond acceptors (Lipinski definition) is 4. The van der Waals surface area contributed by atoms with E-state index in [0.717, 1.165) is 10.8 Å². The lowest BCUT2D eigenvalue weighted by Crippen LogP contribution is -2.22. The van der Waals surface area contributed by atoms with Gasteiger partial charge in [-0.2, -0.15) is 0 Å². The highest BCUT2D eigenvalue weighted by Crippen LogP contribution is 2.36. The molecule has 1 aromatic heterocycles. The molecule has 1 N–H and O–H groups in total. The van der Waals surface area contributed by atoms with Crippen LogP contribution < -0.4 is 10.6 Å². The highest BCUT2D eigenvalue weighted by atomic mass is 32.1. The number of carbonyl (C=O) groups is 1. The van der Waals surface area contributed by atoms with E-state index in [2.05, 4.69) is 9.98 Å². The number of fused-ring (bicyclic) bond motifs is 1. The van der Waals surface area contributed by atoms with Crippen LogP contribution in [0, 0.1) is 0 Å². The van der Waals surface area contributed by atoms with Gasteiger partial charge >= 0.3 is 0 Å². The van der Waals surface area contributed by atoms with Gasteiger partial charge in [-0.05, 0) is 6.07 Å². The van der Waals surface area contributed by atoms with Crippen molar-refractivity contribution in [1.82, 2.24) is 4.98 Å². The summed E-state index contributed by atoms with van der Waals surface area (Å²) in [5.41, 5.74) is 1.33. The first-order valence-electron chi connectivity index (χ1n) is 6.72. The number of aromatic hydroxyl groups is 1. The minimum Gasteiger partial charge on any atom is -0.492 e. The van der Waals surface area contributed by atoms with E-state index < -0.39 is 0 Å². The second kappa shape index (κ2) is 4.89. The van der Waals surface area contributed by atoms with Gasteiger partial charge in [-0.25, -0.2) is 9.98 Å². The number of aromatic nitrogens is 1. The van der Waals surface area contributed by atoms with Crippen LogP contribution in [-0.4, -0.2) is 16.0 Å². The first-order chi connectivity index (χ1) is 10.7. The third-order valence-electron chi connectivity index (χ3n) is 3.47. The molecule has 5 heteroatoms. The summed E-state index contributed by atoms with van der Waals surface area (Å²) in [4.78, 5) is 20.9. The molecule has 0 spiro atoms. The lowest BCUT2D eigenvalue weighted by molar-refractivity contribution is -0.112. The Balaban J connectivity index is 1.95. The fourth-order valence-electron chi connectivity index (χ4n) is 2.46. The third-order valence-corrected chi connectivity index (χ3v) is 4.58. The number of carbonyl (C=O) groups excluding carboxylic acids is 1. The van der Waals surface area contributed by atoms with Crippen molar-refractivity contribution >= 4 is 22.8 Å². The summed E-state index contributed by atoms with van der Waals surface area (Å²) in [6.07, 6.45) is 0. The molecule has 2 heterocycles. The van der Waals surface area contributed by atoms with Crippen LogP contribution in [0.1, 0.15) is 4.88 Å². The molecule has 4 rings (SSSR count). The number of hydrogen-bond donors (Lipinski definition) is 1. The zero-order valence-corrected chi connectivity index (χ0v) is 12.2. The maximum Gasteiger partial charge on any atom is 0.279 e. The summed E-state index contributed by atoms with van der Waals surface area (Å²) >= 11 is 1.30. The van der Waals surface area contributed by atoms with E-state index in [9.17, 15) is 9.90 Å². The fraction of sp³-hybridized carbons (Fsp3) is 0. The molecule has 0 saturated carbocycles. The fourth-order valence-corrected chi connectivity index (χ4v) is 3.48. The number of thiazole rings is 1. The van der Waals surface area contributed by atoms with E-state index in [-0.39, 0.29) is 11.8 Å². The first-order valence-corrected chi connectivity index (χ1v) is 7.53. The number of benzene rings is 2. The van der Waals surface area contributed by atoms with Crippen LogP contribution in [0.25, 0.3) is 16.1 Å². The summed E-state index contributed by atoms with van der Waals surface area (Å²) in [7, 11) is 0. The van der Waals surface area contributed by atoms with E-state index in [4.69, 9.17) is 0 Å². The van der Waals surface area contributed by atoms with Gasteiger partial charge in [0.25, 0.3) is 5.91 Å². The number of rotatable bonds is 2. The maximum atomic E-state index is 12.2. The van der Waals surface area contributed by atoms with Crippen molar-refractivity contribution in [3.63, 3.8) is 0 Å². The third kappa shape index (κ3) is 1.95. The predicted molar refractivity (Wildman–Crippen MR) is 84.0 cm³/mol. The molecule has 3 aromatic rings. The Hall–Kier alpha value is -2.79. The molecule has 22 heavy (non-hydrogen) atoms. The first kappa shape index (κ1) is 12.9. The van der Waals surface area contributed by atoms with Crippen molar-refractivity contribution in [2.24, 2.45) is 4.99 Å². The van der Waals surface area contributed by atoms with E-state index in [1.807, 2.05) is 48.5 Å². The summed E-state index contributed by atoms with van der Waals surface area (Å²) in [6, 6.07) is 16.9. The summed E-state index contributed by atoms with van der Waals surface area (Å²) in [5.74, 6) is -0.459. The maximum absolute atomic E-state index is 12.2. The zero-order valence-electron chi connectivity index (χ0n) is 11.4. The normalized spacial score (nSPS) is 13.1. The van der Waals surface area contributed by atoms with E-state index in [1.54, 1.807) is 6.07 Å². The highest BCUT2D eigenvalue weighted by molar-refractivity contribution is 7.16. The van der Waals surface area contributed by atoms with Gasteiger partial charge in [0.1, 0.15) is 9.88 Å². The second-order valence-electron chi connectivity index (χ2n) is 4.85. The van der Waals surface area contributed by atoms with Crippen molar-refractivity contribution in [3.05, 3.63) is 70.1 Å². The standard InChI is InChI=1S/C17H10N2O2S/c20-15-13(11-8-4-5-9-12(11)18-15)14-16(21)19-17(22-14)10-6-2-1-3-7-10/h1-9,21H. The molecule has 2 aromatic carbocycles. The van der Waals surface area contributed by atoms with Crippen molar-refractivity contribution < 1.29 is 9.90 Å². The summed E-state index contributed by atoms with van der Waals surface area (Å²) in [5, 5.41) is 12.2. The average molecular weight is 306 g/mol. The molecule has 1 aliphatic heterocycles. The number of amides is 1. The quantitative estimate of drug-likeness (QED) is 0.786. The zero-order chi connectivity index (χ0) is 15.1. The Morgan fingerprint density at radius 3 is 2.50 bits per heavy atom. The van der Waals surface area contributed by atoms with Gasteiger partial charge in [0, 0.05) is 10.8 Å². The van der Waals surface area contributed by atoms with Gasteiger partial charge < -0.3 is 5.11 Å². The van der Waals surface area contributed by atoms with Gasteiger partial charge in [0.05, 0.1) is 10.9 Å². The molecule has 4 nitrogen and oxygen atoms in total. The summed E-state index contributed by atoms with van der Waals surface area (Å²) < 4.78 is 0. The molecule has 0 bridgehead atoms. The van der Waals surface area contributed by atoms with E-state index >= 15 is 0 Å². The largest absolute Gasteiger partial charge is 0.492 e. The van der Waals surface area contributed by atoms with Crippen molar-refractivity contribution in [3.8, 4) is 16.5 Å². The van der Waals surface area contributed by atoms with Gasteiger partial charge in [-0.3, -0.25) is 4.79 Å². The van der Waals surface area contributed by atoms with Crippen LogP contribution >= 0.6 is 11.3 Å².